The molecular weight excluding hydrogens is 590 g/mol. The normalized spacial score (nSPS) is 14.0. The summed E-state index contributed by atoms with van der Waals surface area (Å²) >= 11 is 0. The van der Waals surface area contributed by atoms with Gasteiger partial charge in [0.05, 0.1) is 18.8 Å². The van der Waals surface area contributed by atoms with Crippen LogP contribution in [0.5, 0.6) is 0 Å². The molecule has 3 N–H and O–H groups in total. The molecule has 0 spiro atoms. The number of allylic oxidation sites excluding steroid dienone is 13. The summed E-state index contributed by atoms with van der Waals surface area (Å²) in [5.41, 5.74) is 0. The molecule has 0 fully saturated rings. The molecule has 0 saturated carbocycles. The van der Waals surface area contributed by atoms with Gasteiger partial charge >= 0.3 is 0 Å². The summed E-state index contributed by atoms with van der Waals surface area (Å²) in [6.07, 6.45) is 56.7. The van der Waals surface area contributed by atoms with Crippen molar-refractivity contribution in [2.24, 2.45) is 0 Å². The second kappa shape index (κ2) is 39.0. The van der Waals surface area contributed by atoms with Crippen LogP contribution in [0.25, 0.3) is 0 Å². The van der Waals surface area contributed by atoms with Gasteiger partial charge in [-0.15, -0.1) is 0 Å². The number of aliphatic hydroxyl groups is 2. The number of nitrogens with one attached hydrogen (secondary N) is 1. The minimum Gasteiger partial charge on any atom is -0.394 e. The molecule has 48 heavy (non-hydrogen) atoms. The number of aliphatic hydroxyl groups excluding tert-OH is 2. The summed E-state index contributed by atoms with van der Waals surface area (Å²) < 4.78 is 0. The van der Waals surface area contributed by atoms with E-state index in [0.717, 1.165) is 70.6 Å². The third kappa shape index (κ3) is 34.9. The number of hydrogen-bond acceptors (Lipinski definition) is 3. The van der Waals surface area contributed by atoms with Crippen LogP contribution < -0.4 is 5.32 Å². The van der Waals surface area contributed by atoms with Crippen LogP contribution >= 0.6 is 0 Å². The summed E-state index contributed by atoms with van der Waals surface area (Å²) in [4.78, 5) is 12.3. The van der Waals surface area contributed by atoms with Crippen LogP contribution in [0.15, 0.2) is 85.1 Å². The van der Waals surface area contributed by atoms with E-state index in [0.29, 0.717) is 6.42 Å². The molecule has 0 aromatic carbocycles. The van der Waals surface area contributed by atoms with Gasteiger partial charge in [0.25, 0.3) is 0 Å². The number of carbonyl (C=O) groups is 1. The Hall–Kier alpha value is -2.43. The van der Waals surface area contributed by atoms with Crippen molar-refractivity contribution in [3.8, 4) is 0 Å². The van der Waals surface area contributed by atoms with Gasteiger partial charge in [0.2, 0.25) is 5.91 Å². The summed E-state index contributed by atoms with van der Waals surface area (Å²) in [5.74, 6) is -0.110. The highest BCUT2D eigenvalue weighted by atomic mass is 16.3. The maximum Gasteiger partial charge on any atom is 0.220 e. The number of rotatable bonds is 34. The molecule has 0 aromatic heterocycles. The van der Waals surface area contributed by atoms with Gasteiger partial charge in [0.15, 0.2) is 0 Å². The first-order valence-electron chi connectivity index (χ1n) is 19.8. The maximum absolute atomic E-state index is 12.3. The number of unbranched alkanes of at least 4 members (excludes halogenated alkanes) is 15. The molecular formula is C44H75NO3. The van der Waals surface area contributed by atoms with Crippen LogP contribution in [-0.2, 0) is 4.79 Å². The molecule has 0 radical (unpaired) electrons. The fraction of sp³-hybridized carbons (Fsp3) is 0.659. The van der Waals surface area contributed by atoms with Crippen molar-refractivity contribution in [2.75, 3.05) is 6.61 Å². The van der Waals surface area contributed by atoms with Gasteiger partial charge < -0.3 is 15.5 Å². The van der Waals surface area contributed by atoms with E-state index in [9.17, 15) is 15.0 Å². The Morgan fingerprint density at radius 1 is 0.521 bits per heavy atom. The monoisotopic (exact) mass is 666 g/mol. The van der Waals surface area contributed by atoms with Gasteiger partial charge in [-0.25, -0.2) is 0 Å². The Labute approximate surface area is 297 Å². The first-order chi connectivity index (χ1) is 23.7. The SMILES string of the molecule is CC/C=C\C/C=C\C/C=C\C/C=C\C/C=C\C/C=C\CCCCC(=O)NC(CO)C(O)/C=C/CCCCCCCCCCCCCCC. The van der Waals surface area contributed by atoms with Crippen molar-refractivity contribution in [3.63, 3.8) is 0 Å². The van der Waals surface area contributed by atoms with Crippen molar-refractivity contribution < 1.29 is 15.0 Å². The Morgan fingerprint density at radius 2 is 0.917 bits per heavy atom. The van der Waals surface area contributed by atoms with E-state index in [1.807, 2.05) is 6.08 Å². The van der Waals surface area contributed by atoms with E-state index in [4.69, 9.17) is 0 Å². The van der Waals surface area contributed by atoms with Crippen LogP contribution in [-0.4, -0.2) is 34.9 Å². The maximum atomic E-state index is 12.3. The lowest BCUT2D eigenvalue weighted by Crippen LogP contribution is -2.45. The smallest absolute Gasteiger partial charge is 0.220 e. The minimum atomic E-state index is -0.861. The van der Waals surface area contributed by atoms with Gasteiger partial charge in [-0.3, -0.25) is 4.79 Å². The lowest BCUT2D eigenvalue weighted by atomic mass is 10.0. The van der Waals surface area contributed by atoms with Crippen LogP contribution in [0.3, 0.4) is 0 Å². The first kappa shape index (κ1) is 45.6. The Balaban J connectivity index is 3.76. The molecule has 274 valence electrons. The Bertz CT molecular complexity index is 895. The molecule has 0 aliphatic heterocycles. The minimum absolute atomic E-state index is 0.110. The molecule has 4 heteroatoms. The average Bonchev–Trinajstić information content (AvgIpc) is 3.09. The molecule has 0 aromatic rings. The molecule has 0 heterocycles. The van der Waals surface area contributed by atoms with Crippen molar-refractivity contribution in [3.05, 3.63) is 85.1 Å². The number of carbonyl (C=O) groups excluding carboxylic acids is 1. The van der Waals surface area contributed by atoms with E-state index in [2.05, 4.69) is 92.1 Å². The zero-order valence-corrected chi connectivity index (χ0v) is 31.2. The zero-order chi connectivity index (χ0) is 35.0. The molecule has 0 aliphatic carbocycles. The third-order valence-corrected chi connectivity index (χ3v) is 8.38. The van der Waals surface area contributed by atoms with Crippen molar-refractivity contribution >= 4 is 5.91 Å². The molecule has 2 atom stereocenters. The van der Waals surface area contributed by atoms with E-state index in [1.165, 1.54) is 77.0 Å². The lowest BCUT2D eigenvalue weighted by Gasteiger charge is -2.19. The standard InChI is InChI=1S/C44H75NO3/c1-3-5-7-9-11-13-15-17-19-20-21-22-23-24-26-28-30-32-34-36-38-40-44(48)45-42(41-46)43(47)39-37-35-33-31-29-27-25-18-16-14-12-10-8-6-4-2/h5,7,11,13,17,19,21-22,24,26,30,32,37,39,42-43,46-47H,3-4,6,8-10,12,14-16,18,20,23,25,27-29,31,33-36,38,40-41H2,1-2H3,(H,45,48)/b7-5-,13-11-,19-17-,22-21-,26-24-,32-30-,39-37+. The fourth-order valence-corrected chi connectivity index (χ4v) is 5.36. The average molecular weight is 666 g/mol. The van der Waals surface area contributed by atoms with Crippen molar-refractivity contribution in [1.82, 2.24) is 5.32 Å². The largest absolute Gasteiger partial charge is 0.394 e. The molecule has 4 nitrogen and oxygen atoms in total. The second-order valence-corrected chi connectivity index (χ2v) is 13.0. The number of hydrogen-bond donors (Lipinski definition) is 3. The van der Waals surface area contributed by atoms with E-state index >= 15 is 0 Å². The molecule has 0 saturated heterocycles. The van der Waals surface area contributed by atoms with Crippen LogP contribution in [0.2, 0.25) is 0 Å². The summed E-state index contributed by atoms with van der Waals surface area (Å²) in [6.45, 7) is 4.16. The molecule has 0 aliphatic rings. The fourth-order valence-electron chi connectivity index (χ4n) is 5.36. The van der Waals surface area contributed by atoms with Gasteiger partial charge in [-0.1, -0.05) is 176 Å². The van der Waals surface area contributed by atoms with Gasteiger partial charge in [-0.05, 0) is 70.6 Å². The highest BCUT2D eigenvalue weighted by Crippen LogP contribution is 2.13. The zero-order valence-electron chi connectivity index (χ0n) is 31.2. The highest BCUT2D eigenvalue weighted by molar-refractivity contribution is 5.76. The van der Waals surface area contributed by atoms with Crippen LogP contribution in [0.4, 0.5) is 0 Å². The lowest BCUT2D eigenvalue weighted by molar-refractivity contribution is -0.123. The van der Waals surface area contributed by atoms with Crippen molar-refractivity contribution in [1.29, 1.82) is 0 Å². The highest BCUT2D eigenvalue weighted by Gasteiger charge is 2.17. The van der Waals surface area contributed by atoms with E-state index in [1.54, 1.807) is 6.08 Å². The molecule has 2 unspecified atom stereocenters. The number of amides is 1. The van der Waals surface area contributed by atoms with Crippen molar-refractivity contribution in [2.45, 2.75) is 180 Å². The quantitative estimate of drug-likeness (QED) is 0.0473. The van der Waals surface area contributed by atoms with E-state index in [-0.39, 0.29) is 12.5 Å². The van der Waals surface area contributed by atoms with Gasteiger partial charge in [0.1, 0.15) is 0 Å². The summed E-state index contributed by atoms with van der Waals surface area (Å²) in [6, 6.07) is -0.649. The predicted octanol–water partition coefficient (Wildman–Crippen LogP) is 12.1. The van der Waals surface area contributed by atoms with Gasteiger partial charge in [0, 0.05) is 6.42 Å². The molecule has 0 bridgehead atoms. The first-order valence-corrected chi connectivity index (χ1v) is 19.8. The second-order valence-electron chi connectivity index (χ2n) is 13.0. The van der Waals surface area contributed by atoms with Crippen LogP contribution in [0.1, 0.15) is 168 Å². The summed E-state index contributed by atoms with van der Waals surface area (Å²) in [7, 11) is 0. The predicted molar refractivity (Wildman–Crippen MR) is 211 cm³/mol. The topological polar surface area (TPSA) is 69.6 Å². The summed E-state index contributed by atoms with van der Waals surface area (Å²) in [5, 5.41) is 22.9. The Kier molecular flexibility index (Phi) is 37.0. The van der Waals surface area contributed by atoms with Crippen LogP contribution in [0, 0.1) is 0 Å². The Morgan fingerprint density at radius 3 is 1.38 bits per heavy atom. The molecule has 1 amide bonds. The van der Waals surface area contributed by atoms with E-state index < -0.39 is 12.1 Å². The molecule has 0 rings (SSSR count). The third-order valence-electron chi connectivity index (χ3n) is 8.38. The van der Waals surface area contributed by atoms with Gasteiger partial charge in [-0.2, -0.15) is 0 Å².